The van der Waals surface area contributed by atoms with Crippen molar-refractivity contribution in [2.24, 2.45) is 0 Å². The Balaban J connectivity index is 1.68. The number of hydrogen-bond donors (Lipinski definition) is 1. The molecule has 0 bridgehead atoms. The van der Waals surface area contributed by atoms with Gasteiger partial charge in [-0.2, -0.15) is 0 Å². The molecule has 0 aliphatic heterocycles. The molecule has 170 valence electrons. The van der Waals surface area contributed by atoms with Crippen molar-refractivity contribution in [3.63, 3.8) is 0 Å². The number of carbonyl (C=O) groups is 4. The van der Waals surface area contributed by atoms with Crippen molar-refractivity contribution in [2.45, 2.75) is 40.2 Å². The van der Waals surface area contributed by atoms with E-state index in [4.69, 9.17) is 9.47 Å². The van der Waals surface area contributed by atoms with E-state index in [1.165, 1.54) is 13.8 Å². The van der Waals surface area contributed by atoms with Crippen LogP contribution in [-0.2, 0) is 16.1 Å². The van der Waals surface area contributed by atoms with Crippen LogP contribution in [0.3, 0.4) is 0 Å². The summed E-state index contributed by atoms with van der Waals surface area (Å²) >= 11 is 0. The number of ether oxygens (including phenoxy) is 2. The lowest BCUT2D eigenvalue weighted by atomic mass is 9.92. The second-order valence-electron chi connectivity index (χ2n) is 7.44. The summed E-state index contributed by atoms with van der Waals surface area (Å²) in [5.74, 6) is -0.517. The molecule has 2 rings (SSSR count). The molecule has 1 amide bonds. The Morgan fingerprint density at radius 2 is 1.53 bits per heavy atom. The van der Waals surface area contributed by atoms with Crippen LogP contribution < -0.4 is 5.32 Å². The second kappa shape index (κ2) is 12.5. The maximum atomic E-state index is 12.5. The molecule has 0 fully saturated rings. The van der Waals surface area contributed by atoms with Gasteiger partial charge in [-0.15, -0.1) is 0 Å². The highest BCUT2D eigenvalue weighted by Gasteiger charge is 2.17. The molecule has 2 aromatic rings. The first kappa shape index (κ1) is 24.9. The predicted octanol–water partition coefficient (Wildman–Crippen LogP) is 4.31. The third-order valence-corrected chi connectivity index (χ3v) is 4.91. The van der Waals surface area contributed by atoms with Gasteiger partial charge in [-0.3, -0.25) is 14.4 Å². The van der Waals surface area contributed by atoms with Crippen molar-refractivity contribution in [2.75, 3.05) is 19.8 Å². The fourth-order valence-corrected chi connectivity index (χ4v) is 3.19. The molecule has 32 heavy (non-hydrogen) atoms. The molecule has 0 atom stereocenters. The number of amides is 1. The number of carbonyl (C=O) groups excluding carboxylic acids is 4. The number of alkyl carbamates (subject to hydrolysis) is 1. The van der Waals surface area contributed by atoms with E-state index in [1.807, 2.05) is 30.3 Å². The molecule has 0 saturated heterocycles. The van der Waals surface area contributed by atoms with Crippen LogP contribution in [0.15, 0.2) is 42.5 Å². The Morgan fingerprint density at radius 1 is 0.906 bits per heavy atom. The molecule has 0 aliphatic carbocycles. The van der Waals surface area contributed by atoms with Gasteiger partial charge in [-0.25, -0.2) is 4.79 Å². The minimum Gasteiger partial charge on any atom is -0.445 e. The number of rotatable bonds is 12. The fraction of sp³-hybridized carbons (Fsp3) is 0.360. The molecule has 7 nitrogen and oxygen atoms in total. The fourth-order valence-electron chi connectivity index (χ4n) is 3.19. The van der Waals surface area contributed by atoms with Gasteiger partial charge in [0.15, 0.2) is 17.3 Å². The quantitative estimate of drug-likeness (QED) is 0.391. The molecule has 0 spiro atoms. The SMILES string of the molecule is CC(=O)c1cc(C(=O)CCCOCCNC(=O)OCc2ccccc2)cc(C(C)=O)c1C. The molecule has 0 radical (unpaired) electrons. The van der Waals surface area contributed by atoms with Crippen LogP contribution in [0.5, 0.6) is 0 Å². The number of nitrogens with one attached hydrogen (secondary N) is 1. The highest BCUT2D eigenvalue weighted by Crippen LogP contribution is 2.20. The zero-order chi connectivity index (χ0) is 23.5. The zero-order valence-corrected chi connectivity index (χ0v) is 18.7. The number of benzene rings is 2. The van der Waals surface area contributed by atoms with E-state index >= 15 is 0 Å². The van der Waals surface area contributed by atoms with Crippen LogP contribution in [0, 0.1) is 6.92 Å². The Bertz CT molecular complexity index is 933. The summed E-state index contributed by atoms with van der Waals surface area (Å²) in [5.41, 5.74) is 2.64. The summed E-state index contributed by atoms with van der Waals surface area (Å²) in [7, 11) is 0. The van der Waals surface area contributed by atoms with Gasteiger partial charge in [0.2, 0.25) is 0 Å². The Kier molecular flexibility index (Phi) is 9.76. The summed E-state index contributed by atoms with van der Waals surface area (Å²) in [6.45, 7) is 5.68. The van der Waals surface area contributed by atoms with E-state index in [2.05, 4.69) is 5.32 Å². The second-order valence-corrected chi connectivity index (χ2v) is 7.44. The normalized spacial score (nSPS) is 10.5. The Labute approximate surface area is 188 Å². The predicted molar refractivity (Wildman–Crippen MR) is 120 cm³/mol. The van der Waals surface area contributed by atoms with E-state index < -0.39 is 6.09 Å². The topological polar surface area (TPSA) is 98.8 Å². The van der Waals surface area contributed by atoms with Gasteiger partial charge in [0, 0.05) is 36.3 Å². The van der Waals surface area contributed by atoms with Gasteiger partial charge in [-0.1, -0.05) is 30.3 Å². The minimum atomic E-state index is -0.519. The van der Waals surface area contributed by atoms with Crippen LogP contribution >= 0.6 is 0 Å². The summed E-state index contributed by atoms with van der Waals surface area (Å²) in [6.07, 6.45) is 0.190. The maximum Gasteiger partial charge on any atom is 0.407 e. The maximum absolute atomic E-state index is 12.5. The first-order valence-corrected chi connectivity index (χ1v) is 10.5. The first-order chi connectivity index (χ1) is 15.3. The molecule has 1 N–H and O–H groups in total. The minimum absolute atomic E-state index is 0.152. The van der Waals surface area contributed by atoms with E-state index in [0.29, 0.717) is 48.4 Å². The Morgan fingerprint density at radius 3 is 2.12 bits per heavy atom. The highest BCUT2D eigenvalue weighted by molar-refractivity contribution is 6.06. The number of Topliss-reactive ketones (excluding diaryl/α,β-unsaturated/α-hetero) is 3. The molecular formula is C25H29NO6. The van der Waals surface area contributed by atoms with Crippen LogP contribution in [0.2, 0.25) is 0 Å². The van der Waals surface area contributed by atoms with E-state index in [9.17, 15) is 19.2 Å². The van der Waals surface area contributed by atoms with Gasteiger partial charge < -0.3 is 14.8 Å². The summed E-state index contributed by atoms with van der Waals surface area (Å²) in [5, 5.41) is 2.60. The zero-order valence-electron chi connectivity index (χ0n) is 18.7. The van der Waals surface area contributed by atoms with Gasteiger partial charge >= 0.3 is 6.09 Å². The average Bonchev–Trinajstić information content (AvgIpc) is 2.77. The van der Waals surface area contributed by atoms with Gasteiger partial charge in [0.05, 0.1) is 6.61 Å². The standard InChI is InChI=1S/C25H29NO6/c1-17-22(18(2)27)14-21(15-23(17)19(3)28)24(29)10-7-12-31-13-11-26-25(30)32-16-20-8-5-4-6-9-20/h4-6,8-9,14-15H,7,10-13,16H2,1-3H3,(H,26,30). The smallest absolute Gasteiger partial charge is 0.407 e. The molecule has 0 aromatic heterocycles. The van der Waals surface area contributed by atoms with Crippen LogP contribution in [-0.4, -0.2) is 43.2 Å². The lowest BCUT2D eigenvalue weighted by Crippen LogP contribution is -2.28. The van der Waals surface area contributed by atoms with Crippen molar-refractivity contribution in [3.8, 4) is 0 Å². The van der Waals surface area contributed by atoms with Crippen LogP contribution in [0.4, 0.5) is 4.79 Å². The molecule has 0 saturated carbocycles. The summed E-state index contributed by atoms with van der Waals surface area (Å²) in [4.78, 5) is 47.9. The lowest BCUT2D eigenvalue weighted by Gasteiger charge is -2.11. The van der Waals surface area contributed by atoms with Crippen LogP contribution in [0.25, 0.3) is 0 Å². The van der Waals surface area contributed by atoms with Crippen LogP contribution in [0.1, 0.15) is 68.9 Å². The number of ketones is 3. The van der Waals surface area contributed by atoms with Gasteiger partial charge in [0.25, 0.3) is 0 Å². The lowest BCUT2D eigenvalue weighted by molar-refractivity contribution is 0.0935. The summed E-state index contributed by atoms with van der Waals surface area (Å²) < 4.78 is 10.5. The van der Waals surface area contributed by atoms with E-state index in [1.54, 1.807) is 19.1 Å². The van der Waals surface area contributed by atoms with Crippen molar-refractivity contribution >= 4 is 23.4 Å². The monoisotopic (exact) mass is 439 g/mol. The van der Waals surface area contributed by atoms with E-state index in [-0.39, 0.29) is 30.4 Å². The van der Waals surface area contributed by atoms with Crippen molar-refractivity contribution in [3.05, 3.63) is 70.3 Å². The van der Waals surface area contributed by atoms with Crippen molar-refractivity contribution in [1.82, 2.24) is 5.32 Å². The Hall–Kier alpha value is -3.32. The van der Waals surface area contributed by atoms with E-state index in [0.717, 1.165) is 5.56 Å². The van der Waals surface area contributed by atoms with Gasteiger partial charge in [-0.05, 0) is 50.5 Å². The third-order valence-electron chi connectivity index (χ3n) is 4.91. The molecule has 0 unspecified atom stereocenters. The largest absolute Gasteiger partial charge is 0.445 e. The molecule has 0 heterocycles. The highest BCUT2D eigenvalue weighted by atomic mass is 16.5. The molecule has 7 heteroatoms. The van der Waals surface area contributed by atoms with Gasteiger partial charge in [0.1, 0.15) is 6.61 Å². The first-order valence-electron chi connectivity index (χ1n) is 10.5. The van der Waals surface area contributed by atoms with Crippen molar-refractivity contribution < 1.29 is 28.7 Å². The third kappa shape index (κ3) is 7.74. The molecular weight excluding hydrogens is 410 g/mol. The summed E-state index contributed by atoms with van der Waals surface area (Å²) in [6, 6.07) is 12.5. The number of hydrogen-bond acceptors (Lipinski definition) is 6. The average molecular weight is 440 g/mol. The van der Waals surface area contributed by atoms with Crippen molar-refractivity contribution in [1.29, 1.82) is 0 Å². The molecule has 2 aromatic carbocycles. The molecule has 0 aliphatic rings.